The van der Waals surface area contributed by atoms with Crippen LogP contribution in [-0.4, -0.2) is 17.0 Å². The Bertz CT molecular complexity index is 120. The van der Waals surface area contributed by atoms with Crippen LogP contribution in [-0.2, 0) is 9.53 Å². The van der Waals surface area contributed by atoms with Gasteiger partial charge in [-0.05, 0) is 6.92 Å². The van der Waals surface area contributed by atoms with Crippen molar-refractivity contribution in [2.75, 3.05) is 11.0 Å². The van der Waals surface area contributed by atoms with Crippen molar-refractivity contribution in [2.45, 2.75) is 6.92 Å². The molecule has 0 amide bonds. The Morgan fingerprint density at radius 1 is 1.78 bits per heavy atom. The van der Waals surface area contributed by atoms with Crippen LogP contribution < -0.4 is 0 Å². The first-order valence-corrected chi connectivity index (χ1v) is 4.09. The molecule has 0 aliphatic carbocycles. The fraction of sp³-hybridized carbons (Fsp3) is 0.500. The topological polar surface area (TPSA) is 26.3 Å². The molecule has 0 saturated carbocycles. The Balaban J connectivity index is 3.39. The first kappa shape index (κ1) is 8.94. The first-order chi connectivity index (χ1) is 4.18. The van der Waals surface area contributed by atoms with Crippen LogP contribution in [0.3, 0.4) is 0 Å². The summed E-state index contributed by atoms with van der Waals surface area (Å²) in [7, 11) is 0. The molecular weight excluding hydrogens is 231 g/mol. The second kappa shape index (κ2) is 4.78. The van der Waals surface area contributed by atoms with E-state index in [4.69, 9.17) is 4.74 Å². The lowest BCUT2D eigenvalue weighted by Crippen LogP contribution is -2.06. The van der Waals surface area contributed by atoms with Crippen LogP contribution in [0.2, 0.25) is 0 Å². The zero-order valence-corrected chi connectivity index (χ0v) is 7.47. The Morgan fingerprint density at radius 3 is 2.67 bits per heavy atom. The van der Waals surface area contributed by atoms with Crippen LogP contribution in [0.25, 0.3) is 0 Å². The first-order valence-electron chi connectivity index (χ1n) is 2.57. The number of carbonyl (C=O) groups is 1. The summed E-state index contributed by atoms with van der Waals surface area (Å²) in [5.74, 6) is -0.299. The number of alkyl halides is 1. The van der Waals surface area contributed by atoms with Gasteiger partial charge in [0.15, 0.2) is 0 Å². The van der Waals surface area contributed by atoms with Crippen LogP contribution in [0.1, 0.15) is 6.92 Å². The second-order valence-corrected chi connectivity index (χ2v) is 2.68. The largest absolute Gasteiger partial charge is 0.462 e. The third-order valence-electron chi connectivity index (χ3n) is 0.659. The number of halogens is 1. The summed E-state index contributed by atoms with van der Waals surface area (Å²) >= 11 is 2.14. The molecule has 2 nitrogen and oxygen atoms in total. The molecule has 0 bridgehead atoms. The molecular formula is C6H9IO2. The molecule has 0 aromatic heterocycles. The highest BCUT2D eigenvalue weighted by atomic mass is 127. The average Bonchev–Trinajstić information content (AvgIpc) is 1.82. The molecule has 0 saturated heterocycles. The molecule has 0 heterocycles. The van der Waals surface area contributed by atoms with E-state index in [9.17, 15) is 4.79 Å². The summed E-state index contributed by atoms with van der Waals surface area (Å²) in [5.41, 5.74) is 0.458. The van der Waals surface area contributed by atoms with Gasteiger partial charge >= 0.3 is 5.97 Å². The lowest BCUT2D eigenvalue weighted by molar-refractivity contribution is -0.138. The third kappa shape index (κ3) is 4.44. The van der Waals surface area contributed by atoms with E-state index in [1.54, 1.807) is 6.92 Å². The van der Waals surface area contributed by atoms with Gasteiger partial charge < -0.3 is 4.74 Å². The molecule has 0 radical (unpaired) electrons. The maximum absolute atomic E-state index is 10.6. The van der Waals surface area contributed by atoms with Gasteiger partial charge in [-0.1, -0.05) is 29.2 Å². The van der Waals surface area contributed by atoms with Gasteiger partial charge in [-0.25, -0.2) is 4.79 Å². The summed E-state index contributed by atoms with van der Waals surface area (Å²) in [6, 6.07) is 0. The predicted octanol–water partition coefficient (Wildman–Crippen LogP) is 1.54. The van der Waals surface area contributed by atoms with Crippen molar-refractivity contribution >= 4 is 28.6 Å². The zero-order chi connectivity index (χ0) is 7.28. The van der Waals surface area contributed by atoms with Crippen molar-refractivity contribution in [1.82, 2.24) is 0 Å². The number of hydrogen-bond acceptors (Lipinski definition) is 2. The average molecular weight is 240 g/mol. The molecule has 0 aliphatic rings. The van der Waals surface area contributed by atoms with Gasteiger partial charge in [0.25, 0.3) is 0 Å². The van der Waals surface area contributed by atoms with Crippen LogP contribution >= 0.6 is 22.6 Å². The van der Waals surface area contributed by atoms with Crippen molar-refractivity contribution in [3.8, 4) is 0 Å². The lowest BCUT2D eigenvalue weighted by Gasteiger charge is -1.98. The highest BCUT2D eigenvalue weighted by molar-refractivity contribution is 14.1. The minimum Gasteiger partial charge on any atom is -0.462 e. The van der Waals surface area contributed by atoms with Crippen molar-refractivity contribution in [3.05, 3.63) is 12.2 Å². The molecule has 0 atom stereocenters. The summed E-state index contributed by atoms with van der Waals surface area (Å²) in [4.78, 5) is 10.6. The summed E-state index contributed by atoms with van der Waals surface area (Å²) in [6.07, 6.45) is 0. The van der Waals surface area contributed by atoms with Crippen molar-refractivity contribution in [1.29, 1.82) is 0 Å². The monoisotopic (exact) mass is 240 g/mol. The Kier molecular flexibility index (Phi) is 4.75. The SMILES string of the molecule is C=C(C)C(=O)OCCI. The molecule has 9 heavy (non-hydrogen) atoms. The molecule has 52 valence electrons. The molecule has 3 heteroatoms. The molecule has 0 aliphatic heterocycles. The van der Waals surface area contributed by atoms with E-state index in [0.717, 1.165) is 4.43 Å². The molecule has 0 fully saturated rings. The van der Waals surface area contributed by atoms with E-state index in [2.05, 4.69) is 29.2 Å². The number of esters is 1. The summed E-state index contributed by atoms with van der Waals surface area (Å²) in [6.45, 7) is 5.54. The summed E-state index contributed by atoms with van der Waals surface area (Å²) < 4.78 is 5.54. The minimum atomic E-state index is -0.299. The fourth-order valence-corrected chi connectivity index (χ4v) is 0.475. The Morgan fingerprint density at radius 2 is 2.33 bits per heavy atom. The van der Waals surface area contributed by atoms with Crippen molar-refractivity contribution in [3.63, 3.8) is 0 Å². The molecule has 0 rings (SSSR count). The highest BCUT2D eigenvalue weighted by Crippen LogP contribution is 1.92. The maximum atomic E-state index is 10.6. The maximum Gasteiger partial charge on any atom is 0.333 e. The van der Waals surface area contributed by atoms with E-state index in [1.807, 2.05) is 0 Å². The van der Waals surface area contributed by atoms with Crippen LogP contribution in [0.5, 0.6) is 0 Å². The molecule has 0 aromatic rings. The Hall–Kier alpha value is -0.0600. The minimum absolute atomic E-state index is 0.299. The van der Waals surface area contributed by atoms with Gasteiger partial charge in [-0.3, -0.25) is 0 Å². The lowest BCUT2D eigenvalue weighted by atomic mass is 10.4. The van der Waals surface area contributed by atoms with E-state index >= 15 is 0 Å². The highest BCUT2D eigenvalue weighted by Gasteiger charge is 1.99. The predicted molar refractivity (Wildman–Crippen MR) is 44.7 cm³/mol. The standard InChI is InChI=1S/C6H9IO2/c1-5(2)6(8)9-4-3-7/h1,3-4H2,2H3. The van der Waals surface area contributed by atoms with Crippen molar-refractivity contribution < 1.29 is 9.53 Å². The Labute approximate surface area is 68.4 Å². The van der Waals surface area contributed by atoms with E-state index in [0.29, 0.717) is 12.2 Å². The van der Waals surface area contributed by atoms with Gasteiger partial charge in [-0.2, -0.15) is 0 Å². The smallest absolute Gasteiger partial charge is 0.333 e. The molecule has 0 N–H and O–H groups in total. The van der Waals surface area contributed by atoms with Gasteiger partial charge in [0.1, 0.15) is 6.61 Å². The number of hydrogen-bond donors (Lipinski definition) is 0. The number of carbonyl (C=O) groups excluding carboxylic acids is 1. The van der Waals surface area contributed by atoms with Crippen LogP contribution in [0.15, 0.2) is 12.2 Å². The zero-order valence-electron chi connectivity index (χ0n) is 5.32. The van der Waals surface area contributed by atoms with E-state index < -0.39 is 0 Å². The van der Waals surface area contributed by atoms with Crippen LogP contribution in [0, 0.1) is 0 Å². The van der Waals surface area contributed by atoms with E-state index in [-0.39, 0.29) is 5.97 Å². The van der Waals surface area contributed by atoms with E-state index in [1.165, 1.54) is 0 Å². The second-order valence-electron chi connectivity index (χ2n) is 1.61. The van der Waals surface area contributed by atoms with Gasteiger partial charge in [0.2, 0.25) is 0 Å². The van der Waals surface area contributed by atoms with Crippen LogP contribution in [0.4, 0.5) is 0 Å². The van der Waals surface area contributed by atoms with Crippen molar-refractivity contribution in [2.24, 2.45) is 0 Å². The number of rotatable bonds is 3. The summed E-state index contributed by atoms with van der Waals surface area (Å²) in [5, 5.41) is 0. The molecule has 0 spiro atoms. The normalized spacial score (nSPS) is 8.67. The van der Waals surface area contributed by atoms with Gasteiger partial charge in [0.05, 0.1) is 0 Å². The molecule has 0 unspecified atom stereocenters. The quantitative estimate of drug-likeness (QED) is 0.323. The fourth-order valence-electron chi connectivity index (χ4n) is 0.254. The third-order valence-corrected chi connectivity index (χ3v) is 1.10. The number of ether oxygens (including phenoxy) is 1. The van der Waals surface area contributed by atoms with Gasteiger partial charge in [-0.15, -0.1) is 0 Å². The van der Waals surface area contributed by atoms with Gasteiger partial charge in [0, 0.05) is 10.0 Å². The molecule has 0 aromatic carbocycles.